The lowest BCUT2D eigenvalue weighted by molar-refractivity contribution is 0.0593. The van der Waals surface area contributed by atoms with Crippen LogP contribution in [0.5, 0.6) is 0 Å². The topological polar surface area (TPSA) is 90.1 Å². The van der Waals surface area contributed by atoms with Crippen molar-refractivity contribution in [2.75, 3.05) is 19.0 Å². The first-order chi connectivity index (χ1) is 11.6. The van der Waals surface area contributed by atoms with E-state index in [9.17, 15) is 4.79 Å². The molecule has 0 radical (unpaired) electrons. The molecule has 128 valence electrons. The van der Waals surface area contributed by atoms with E-state index in [1.54, 1.807) is 6.08 Å². The van der Waals surface area contributed by atoms with E-state index in [1.165, 1.54) is 13.3 Å². The summed E-state index contributed by atoms with van der Waals surface area (Å²) in [5, 5.41) is 3.33. The fourth-order valence-electron chi connectivity index (χ4n) is 2.02. The van der Waals surface area contributed by atoms with Crippen LogP contribution in [-0.4, -0.2) is 29.6 Å². The molecule has 0 aliphatic heterocycles. The first-order valence-corrected chi connectivity index (χ1v) is 8.07. The molecule has 3 N–H and O–H groups in total. The van der Waals surface area contributed by atoms with Gasteiger partial charge in [0.15, 0.2) is 5.69 Å². The highest BCUT2D eigenvalue weighted by molar-refractivity contribution is 6.35. The highest BCUT2D eigenvalue weighted by Crippen LogP contribution is 2.39. The highest BCUT2D eigenvalue weighted by atomic mass is 35.5. The average Bonchev–Trinajstić information content (AvgIpc) is 3.41. The molecule has 1 saturated carbocycles. The lowest BCUT2D eigenvalue weighted by atomic mass is 10.2. The van der Waals surface area contributed by atoms with Gasteiger partial charge in [-0.3, -0.25) is 0 Å². The molecule has 1 aliphatic rings. The van der Waals surface area contributed by atoms with Crippen LogP contribution in [0.2, 0.25) is 5.02 Å². The molecule has 6 nitrogen and oxygen atoms in total. The molecule has 0 unspecified atom stereocenters. The predicted octanol–water partition coefficient (Wildman–Crippen LogP) is 3.18. The zero-order valence-electron chi connectivity index (χ0n) is 13.6. The minimum absolute atomic E-state index is 0.102. The largest absolute Gasteiger partial charge is 0.464 e. The number of carbonyl (C=O) groups is 1. The highest BCUT2D eigenvalue weighted by Gasteiger charge is 2.30. The lowest BCUT2D eigenvalue weighted by Crippen LogP contribution is -2.13. The molecule has 1 heterocycles. The van der Waals surface area contributed by atoms with Gasteiger partial charge in [0.1, 0.15) is 16.7 Å². The number of nitrogens with one attached hydrogen (secondary N) is 1. The van der Waals surface area contributed by atoms with Crippen molar-refractivity contribution < 1.29 is 9.53 Å². The van der Waals surface area contributed by atoms with Crippen molar-refractivity contribution in [3.8, 4) is 0 Å². The van der Waals surface area contributed by atoms with Crippen molar-refractivity contribution >= 4 is 23.4 Å². The molecule has 0 saturated heterocycles. The number of esters is 1. The summed E-state index contributed by atoms with van der Waals surface area (Å²) in [6.45, 7) is 4.53. The van der Waals surface area contributed by atoms with Crippen molar-refractivity contribution in [2.45, 2.75) is 25.2 Å². The minimum atomic E-state index is -0.562. The Kier molecular flexibility index (Phi) is 6.37. The van der Waals surface area contributed by atoms with Crippen molar-refractivity contribution in [1.82, 2.24) is 9.97 Å². The second-order valence-corrected chi connectivity index (χ2v) is 5.82. The number of nitrogens with zero attached hydrogens (tertiary/aromatic N) is 2. The van der Waals surface area contributed by atoms with E-state index in [2.05, 4.69) is 21.9 Å². The zero-order chi connectivity index (χ0) is 17.5. The van der Waals surface area contributed by atoms with Gasteiger partial charge in [0.25, 0.3) is 0 Å². The zero-order valence-corrected chi connectivity index (χ0v) is 14.3. The molecule has 0 amide bonds. The van der Waals surface area contributed by atoms with Crippen LogP contribution in [0.3, 0.4) is 0 Å². The number of halogens is 1. The summed E-state index contributed by atoms with van der Waals surface area (Å²) in [6, 6.07) is 0. The number of aromatic nitrogens is 2. The second kappa shape index (κ2) is 8.49. The third-order valence-corrected chi connectivity index (χ3v) is 3.84. The monoisotopic (exact) mass is 348 g/mol. The van der Waals surface area contributed by atoms with Crippen LogP contribution in [0, 0.1) is 0 Å². The van der Waals surface area contributed by atoms with Gasteiger partial charge >= 0.3 is 5.97 Å². The van der Waals surface area contributed by atoms with Crippen LogP contribution in [0.1, 0.15) is 41.5 Å². The maximum atomic E-state index is 11.8. The number of methoxy groups -OCH3 is 1. The van der Waals surface area contributed by atoms with Gasteiger partial charge in [-0.25, -0.2) is 14.8 Å². The minimum Gasteiger partial charge on any atom is -0.464 e. The molecule has 1 fully saturated rings. The van der Waals surface area contributed by atoms with Gasteiger partial charge in [-0.15, -0.1) is 0 Å². The molecule has 24 heavy (non-hydrogen) atoms. The maximum absolute atomic E-state index is 11.8. The Morgan fingerprint density at radius 2 is 2.21 bits per heavy atom. The summed E-state index contributed by atoms with van der Waals surface area (Å²) in [4.78, 5) is 20.5. The van der Waals surface area contributed by atoms with E-state index >= 15 is 0 Å². The maximum Gasteiger partial charge on any atom is 0.358 e. The van der Waals surface area contributed by atoms with Crippen molar-refractivity contribution in [1.29, 1.82) is 0 Å². The smallest absolute Gasteiger partial charge is 0.358 e. The third kappa shape index (κ3) is 4.83. The summed E-state index contributed by atoms with van der Waals surface area (Å²) < 4.78 is 4.74. The number of rotatable bonds is 8. The molecule has 0 atom stereocenters. The van der Waals surface area contributed by atoms with Crippen LogP contribution < -0.4 is 11.1 Å². The SMILES string of the molecule is C=C(/C=C\C=C/N)CCNc1nc(C2CC2)nc(C(=O)OC)c1Cl. The molecule has 0 spiro atoms. The molecule has 1 aromatic heterocycles. The molecule has 0 bridgehead atoms. The predicted molar refractivity (Wildman–Crippen MR) is 95.1 cm³/mol. The Morgan fingerprint density at radius 1 is 1.46 bits per heavy atom. The Labute approximate surface area is 146 Å². The Bertz CT molecular complexity index is 681. The van der Waals surface area contributed by atoms with E-state index in [4.69, 9.17) is 22.1 Å². The summed E-state index contributed by atoms with van der Waals surface area (Å²) >= 11 is 6.25. The first-order valence-electron chi connectivity index (χ1n) is 7.69. The Hall–Kier alpha value is -2.34. The van der Waals surface area contributed by atoms with Crippen LogP contribution in [0.4, 0.5) is 5.82 Å². The van der Waals surface area contributed by atoms with E-state index in [1.807, 2.05) is 12.2 Å². The number of allylic oxidation sites excluding steroid dienone is 3. The van der Waals surface area contributed by atoms with E-state index in [-0.39, 0.29) is 10.7 Å². The second-order valence-electron chi connectivity index (χ2n) is 5.44. The molecule has 2 rings (SSSR count). The van der Waals surface area contributed by atoms with Gasteiger partial charge in [0, 0.05) is 12.5 Å². The molecular formula is C17H21ClN4O2. The average molecular weight is 349 g/mol. The number of ether oxygens (including phenoxy) is 1. The number of carbonyl (C=O) groups excluding carboxylic acids is 1. The molecule has 1 aliphatic carbocycles. The summed E-state index contributed by atoms with van der Waals surface area (Å²) in [5.74, 6) is 0.821. The van der Waals surface area contributed by atoms with E-state index in [0.29, 0.717) is 30.5 Å². The number of hydrogen-bond acceptors (Lipinski definition) is 6. The van der Waals surface area contributed by atoms with Crippen LogP contribution >= 0.6 is 11.6 Å². The third-order valence-electron chi connectivity index (χ3n) is 3.48. The summed E-state index contributed by atoms with van der Waals surface area (Å²) in [5.41, 5.74) is 6.29. The fourth-order valence-corrected chi connectivity index (χ4v) is 2.25. The Morgan fingerprint density at radius 3 is 2.83 bits per heavy atom. The quantitative estimate of drug-likeness (QED) is 0.554. The van der Waals surface area contributed by atoms with Crippen LogP contribution in [-0.2, 0) is 4.74 Å². The van der Waals surface area contributed by atoms with Crippen molar-refractivity contribution in [3.63, 3.8) is 0 Å². The summed E-state index contributed by atoms with van der Waals surface area (Å²) in [7, 11) is 1.30. The number of nitrogens with two attached hydrogens (primary N) is 1. The van der Waals surface area contributed by atoms with Gasteiger partial charge in [-0.1, -0.05) is 35.9 Å². The van der Waals surface area contributed by atoms with Crippen LogP contribution in [0.15, 0.2) is 36.6 Å². The lowest BCUT2D eigenvalue weighted by Gasteiger charge is -2.11. The standard InChI is InChI=1S/C17H21ClN4O2/c1-11(5-3-4-9-19)8-10-20-16-13(18)14(17(23)24-2)21-15(22-16)12-6-7-12/h3-5,9,12H,1,6-8,10,19H2,2H3,(H,20,21,22)/b5-3-,9-4-. The van der Waals surface area contributed by atoms with Crippen molar-refractivity contribution in [3.05, 3.63) is 53.1 Å². The molecular weight excluding hydrogens is 328 g/mol. The summed E-state index contributed by atoms with van der Waals surface area (Å²) in [6.07, 6.45) is 9.63. The van der Waals surface area contributed by atoms with Gasteiger partial charge < -0.3 is 15.8 Å². The first kappa shape index (κ1) is 18.0. The van der Waals surface area contributed by atoms with Gasteiger partial charge in [-0.2, -0.15) is 0 Å². The van der Waals surface area contributed by atoms with Gasteiger partial charge in [0.2, 0.25) is 0 Å². The van der Waals surface area contributed by atoms with Crippen molar-refractivity contribution in [2.24, 2.45) is 5.73 Å². The molecule has 7 heteroatoms. The Balaban J connectivity index is 2.07. The number of anilines is 1. The van der Waals surface area contributed by atoms with E-state index < -0.39 is 5.97 Å². The van der Waals surface area contributed by atoms with Gasteiger partial charge in [0.05, 0.1) is 7.11 Å². The molecule has 1 aromatic rings. The van der Waals surface area contributed by atoms with Gasteiger partial charge in [-0.05, 0) is 31.5 Å². The van der Waals surface area contributed by atoms with Crippen LogP contribution in [0.25, 0.3) is 0 Å². The fraction of sp³-hybridized carbons (Fsp3) is 0.353. The molecule has 0 aromatic carbocycles. The normalized spacial score (nSPS) is 14.2. The number of hydrogen-bond donors (Lipinski definition) is 2. The van der Waals surface area contributed by atoms with E-state index in [0.717, 1.165) is 18.4 Å².